The Morgan fingerprint density at radius 3 is 2.38 bits per heavy atom. The molecule has 1 heterocycles. The summed E-state index contributed by atoms with van der Waals surface area (Å²) in [6.45, 7) is 8.48. The van der Waals surface area contributed by atoms with Crippen molar-refractivity contribution in [2.75, 3.05) is 25.9 Å². The number of ether oxygens (including phenoxy) is 1. The van der Waals surface area contributed by atoms with Gasteiger partial charge in [0.1, 0.15) is 5.75 Å². The van der Waals surface area contributed by atoms with Crippen molar-refractivity contribution >= 4 is 11.6 Å². The van der Waals surface area contributed by atoms with Gasteiger partial charge >= 0.3 is 0 Å². The second-order valence-corrected chi connectivity index (χ2v) is 6.89. The summed E-state index contributed by atoms with van der Waals surface area (Å²) in [5, 5.41) is 0. The van der Waals surface area contributed by atoms with Gasteiger partial charge in [-0.25, -0.2) is 0 Å². The quantitative estimate of drug-likeness (QED) is 0.851. The Labute approximate surface area is 127 Å². The highest BCUT2D eigenvalue weighted by Crippen LogP contribution is 2.34. The molecule has 4 heteroatoms. The van der Waals surface area contributed by atoms with Crippen molar-refractivity contribution in [2.45, 2.75) is 33.6 Å². The summed E-state index contributed by atoms with van der Waals surface area (Å²) < 4.78 is 5.13. The van der Waals surface area contributed by atoms with Gasteiger partial charge in [0, 0.05) is 18.7 Å². The summed E-state index contributed by atoms with van der Waals surface area (Å²) >= 11 is 0. The summed E-state index contributed by atoms with van der Waals surface area (Å²) in [5.74, 6) is 1.36. The summed E-state index contributed by atoms with van der Waals surface area (Å²) in [6.07, 6.45) is 2.14. The van der Waals surface area contributed by atoms with Gasteiger partial charge in [0.05, 0.1) is 12.8 Å². The zero-order valence-corrected chi connectivity index (χ0v) is 13.5. The number of rotatable bonds is 2. The van der Waals surface area contributed by atoms with Gasteiger partial charge in [0.25, 0.3) is 5.91 Å². The third-order valence-corrected chi connectivity index (χ3v) is 4.48. The number of carbonyl (C=O) groups is 1. The smallest absolute Gasteiger partial charge is 0.253 e. The number of hydrogen-bond acceptors (Lipinski definition) is 3. The van der Waals surface area contributed by atoms with Crippen LogP contribution in [0.2, 0.25) is 0 Å². The number of nitrogen functional groups attached to an aromatic ring is 1. The van der Waals surface area contributed by atoms with Crippen LogP contribution in [0.15, 0.2) is 18.2 Å². The zero-order valence-electron chi connectivity index (χ0n) is 13.5. The average molecular weight is 290 g/mol. The van der Waals surface area contributed by atoms with Crippen molar-refractivity contribution in [3.63, 3.8) is 0 Å². The minimum atomic E-state index is 0.0664. The van der Waals surface area contributed by atoms with Crippen molar-refractivity contribution in [1.82, 2.24) is 4.90 Å². The molecule has 1 saturated heterocycles. The lowest BCUT2D eigenvalue weighted by atomic mass is 9.75. The second-order valence-electron chi connectivity index (χ2n) is 6.89. The van der Waals surface area contributed by atoms with E-state index in [1.807, 2.05) is 4.90 Å². The maximum Gasteiger partial charge on any atom is 0.253 e. The van der Waals surface area contributed by atoms with Gasteiger partial charge in [0.15, 0.2) is 0 Å². The standard InChI is InChI=1S/C17H26N2O2/c1-17(2,3)13-7-9-19(10-8-13)16(20)12-5-6-15(21-4)14(18)11-12/h5-6,11,13H,7-10,18H2,1-4H3. The highest BCUT2D eigenvalue weighted by atomic mass is 16.5. The van der Waals surface area contributed by atoms with E-state index in [1.54, 1.807) is 25.3 Å². The van der Waals surface area contributed by atoms with Gasteiger partial charge < -0.3 is 15.4 Å². The van der Waals surface area contributed by atoms with E-state index >= 15 is 0 Å². The van der Waals surface area contributed by atoms with Gasteiger partial charge in [0.2, 0.25) is 0 Å². The molecular weight excluding hydrogens is 264 g/mol. The Morgan fingerprint density at radius 1 is 1.29 bits per heavy atom. The largest absolute Gasteiger partial charge is 0.495 e. The van der Waals surface area contributed by atoms with Crippen molar-refractivity contribution in [3.05, 3.63) is 23.8 Å². The lowest BCUT2D eigenvalue weighted by Gasteiger charge is -2.38. The van der Waals surface area contributed by atoms with E-state index in [9.17, 15) is 4.79 Å². The minimum absolute atomic E-state index is 0.0664. The highest BCUT2D eigenvalue weighted by Gasteiger charge is 2.30. The fourth-order valence-electron chi connectivity index (χ4n) is 3.00. The Bertz CT molecular complexity index is 512. The first kappa shape index (κ1) is 15.7. The molecule has 4 nitrogen and oxygen atoms in total. The molecule has 0 unspecified atom stereocenters. The number of benzene rings is 1. The van der Waals surface area contributed by atoms with Gasteiger partial charge in [-0.05, 0) is 42.4 Å². The predicted octanol–water partition coefficient (Wildman–Crippen LogP) is 3.18. The van der Waals surface area contributed by atoms with Crippen LogP contribution in [0.5, 0.6) is 5.75 Å². The number of amides is 1. The number of piperidine rings is 1. The lowest BCUT2D eigenvalue weighted by molar-refractivity contribution is 0.0609. The molecule has 1 fully saturated rings. The van der Waals surface area contributed by atoms with Crippen LogP contribution < -0.4 is 10.5 Å². The molecule has 21 heavy (non-hydrogen) atoms. The first-order chi connectivity index (χ1) is 9.82. The Hall–Kier alpha value is -1.71. The number of likely N-dealkylation sites (tertiary alicyclic amines) is 1. The van der Waals surface area contributed by atoms with Gasteiger partial charge in [-0.15, -0.1) is 0 Å². The number of methoxy groups -OCH3 is 1. The molecular formula is C17H26N2O2. The summed E-state index contributed by atoms with van der Waals surface area (Å²) in [5.41, 5.74) is 7.35. The molecule has 1 aliphatic rings. The third kappa shape index (κ3) is 3.49. The summed E-state index contributed by atoms with van der Waals surface area (Å²) in [6, 6.07) is 5.24. The van der Waals surface area contributed by atoms with Crippen LogP contribution in [-0.2, 0) is 0 Å². The normalized spacial score (nSPS) is 16.9. The highest BCUT2D eigenvalue weighted by molar-refractivity contribution is 5.95. The fourth-order valence-corrected chi connectivity index (χ4v) is 3.00. The van der Waals surface area contributed by atoms with Crippen molar-refractivity contribution in [2.24, 2.45) is 11.3 Å². The van der Waals surface area contributed by atoms with E-state index < -0.39 is 0 Å². The zero-order chi connectivity index (χ0) is 15.6. The second kappa shape index (κ2) is 5.96. The van der Waals surface area contributed by atoms with E-state index in [0.29, 0.717) is 28.3 Å². The molecule has 2 N–H and O–H groups in total. The van der Waals surface area contributed by atoms with E-state index in [-0.39, 0.29) is 5.91 Å². The molecule has 0 aromatic heterocycles. The molecule has 1 amide bonds. The molecule has 116 valence electrons. The maximum absolute atomic E-state index is 12.5. The van der Waals surface area contributed by atoms with E-state index in [0.717, 1.165) is 25.9 Å². The van der Waals surface area contributed by atoms with Crippen LogP contribution in [0.4, 0.5) is 5.69 Å². The van der Waals surface area contributed by atoms with Crippen LogP contribution in [0.3, 0.4) is 0 Å². The molecule has 0 bridgehead atoms. The molecule has 1 aromatic carbocycles. The number of anilines is 1. The Morgan fingerprint density at radius 2 is 1.90 bits per heavy atom. The molecule has 0 atom stereocenters. The molecule has 1 aliphatic heterocycles. The Balaban J connectivity index is 2.04. The predicted molar refractivity (Wildman–Crippen MR) is 85.5 cm³/mol. The minimum Gasteiger partial charge on any atom is -0.495 e. The summed E-state index contributed by atoms with van der Waals surface area (Å²) in [4.78, 5) is 14.5. The molecule has 2 rings (SSSR count). The molecule has 0 spiro atoms. The molecule has 1 aromatic rings. The summed E-state index contributed by atoms with van der Waals surface area (Å²) in [7, 11) is 1.57. The lowest BCUT2D eigenvalue weighted by Crippen LogP contribution is -2.41. The number of carbonyl (C=O) groups excluding carboxylic acids is 1. The first-order valence-corrected chi connectivity index (χ1v) is 7.55. The van der Waals surface area contributed by atoms with Crippen LogP contribution in [0.1, 0.15) is 44.0 Å². The van der Waals surface area contributed by atoms with Crippen LogP contribution in [-0.4, -0.2) is 31.0 Å². The SMILES string of the molecule is COc1ccc(C(=O)N2CCC(C(C)(C)C)CC2)cc1N. The third-order valence-electron chi connectivity index (χ3n) is 4.48. The van der Waals surface area contributed by atoms with Gasteiger partial charge in [-0.1, -0.05) is 20.8 Å². The van der Waals surface area contributed by atoms with Gasteiger partial charge in [-0.3, -0.25) is 4.79 Å². The van der Waals surface area contributed by atoms with Crippen molar-refractivity contribution in [3.8, 4) is 5.75 Å². The average Bonchev–Trinajstić information content (AvgIpc) is 2.45. The topological polar surface area (TPSA) is 55.6 Å². The van der Waals surface area contributed by atoms with Crippen LogP contribution >= 0.6 is 0 Å². The van der Waals surface area contributed by atoms with Gasteiger partial charge in [-0.2, -0.15) is 0 Å². The maximum atomic E-state index is 12.5. The van der Waals surface area contributed by atoms with E-state index in [4.69, 9.17) is 10.5 Å². The first-order valence-electron chi connectivity index (χ1n) is 7.55. The monoisotopic (exact) mass is 290 g/mol. The number of nitrogens with zero attached hydrogens (tertiary/aromatic N) is 1. The molecule has 0 radical (unpaired) electrons. The number of hydrogen-bond donors (Lipinski definition) is 1. The van der Waals surface area contributed by atoms with E-state index in [1.165, 1.54) is 0 Å². The number of nitrogens with two attached hydrogens (primary N) is 1. The Kier molecular flexibility index (Phi) is 4.45. The van der Waals surface area contributed by atoms with Crippen molar-refractivity contribution in [1.29, 1.82) is 0 Å². The van der Waals surface area contributed by atoms with Crippen LogP contribution in [0.25, 0.3) is 0 Å². The van der Waals surface area contributed by atoms with Crippen molar-refractivity contribution < 1.29 is 9.53 Å². The molecule has 0 aliphatic carbocycles. The van der Waals surface area contributed by atoms with Crippen LogP contribution in [0, 0.1) is 11.3 Å². The molecule has 0 saturated carbocycles. The van der Waals surface area contributed by atoms with E-state index in [2.05, 4.69) is 20.8 Å². The fraction of sp³-hybridized carbons (Fsp3) is 0.588.